The number of methoxy groups -OCH3 is 2. The lowest BCUT2D eigenvalue weighted by Crippen LogP contribution is -2.36. The van der Waals surface area contributed by atoms with E-state index in [0.717, 1.165) is 17.6 Å². The van der Waals surface area contributed by atoms with Crippen molar-refractivity contribution in [1.82, 2.24) is 15.1 Å². The third-order valence-electron chi connectivity index (χ3n) is 9.55. The van der Waals surface area contributed by atoms with Crippen LogP contribution >= 0.6 is 7.14 Å². The molecule has 51 heavy (non-hydrogen) atoms. The van der Waals surface area contributed by atoms with Gasteiger partial charge in [0.15, 0.2) is 23.0 Å². The molecule has 4 aliphatic rings. The largest absolute Gasteiger partial charge is 0.493 e. The summed E-state index contributed by atoms with van der Waals surface area (Å²) in [5.74, 6) is 0.700. The topological polar surface area (TPSA) is 168 Å². The van der Waals surface area contributed by atoms with E-state index in [1.165, 1.54) is 14.2 Å². The number of benzene rings is 2. The van der Waals surface area contributed by atoms with Crippen molar-refractivity contribution < 1.29 is 43.0 Å². The van der Waals surface area contributed by atoms with Crippen molar-refractivity contribution in [3.05, 3.63) is 59.7 Å². The molecular weight excluding hydrogens is 677 g/mol. The number of aliphatic hydroxyl groups excluding tert-OH is 1. The average molecular weight is 722 g/mol. The van der Waals surface area contributed by atoms with Gasteiger partial charge in [-0.3, -0.25) is 19.4 Å². The third kappa shape index (κ3) is 7.77. The monoisotopic (exact) mass is 721 g/mol. The second-order valence-electron chi connectivity index (χ2n) is 13.2. The van der Waals surface area contributed by atoms with Crippen LogP contribution in [0.25, 0.3) is 0 Å². The number of ether oxygens (including phenoxy) is 4. The van der Waals surface area contributed by atoms with Crippen LogP contribution < -0.4 is 29.6 Å². The average Bonchev–Trinajstić information content (AvgIpc) is 3.62. The number of anilines is 1. The second-order valence-corrected chi connectivity index (χ2v) is 16.5. The van der Waals surface area contributed by atoms with Crippen LogP contribution in [0.1, 0.15) is 40.0 Å². The number of amides is 3. The van der Waals surface area contributed by atoms with Crippen LogP contribution in [0, 0.1) is 0 Å². The molecule has 272 valence electrons. The molecule has 0 aliphatic carbocycles. The van der Waals surface area contributed by atoms with Gasteiger partial charge in [0.25, 0.3) is 11.8 Å². The number of aliphatic imine (C=N–C) groups is 1. The molecule has 0 radical (unpaired) electrons. The van der Waals surface area contributed by atoms with Gasteiger partial charge in [-0.2, -0.15) is 0 Å². The van der Waals surface area contributed by atoms with Crippen LogP contribution in [0.3, 0.4) is 0 Å². The Labute approximate surface area is 296 Å². The van der Waals surface area contributed by atoms with Gasteiger partial charge < -0.3 is 49.1 Å². The molecule has 6 rings (SSSR count). The highest BCUT2D eigenvalue weighted by molar-refractivity contribution is 7.63. The highest BCUT2D eigenvalue weighted by atomic mass is 31.2. The molecule has 4 aliphatic heterocycles. The molecule has 2 saturated heterocycles. The Morgan fingerprint density at radius 3 is 2.25 bits per heavy atom. The van der Waals surface area contributed by atoms with Gasteiger partial charge in [0, 0.05) is 56.7 Å². The standard InChI is InChI=1S/C36H44N5O9P/c1-22-11-24-17-37-28-15-32(30(47-3)13-26(28)35(44)40(24)19-22)49-7-9-51(46,21-39-34(43)5-6-42)10-8-50-33-16-29-27(14-31(33)48-4)36(45)41-20-23(2)12-25(41)18-38-29/h13-17,24-25,38,42H,1-2,5-12,18-21H2,3-4H3,(H,39,43)/t24-,25-,51?/m0/s1. The van der Waals surface area contributed by atoms with Crippen molar-refractivity contribution in [1.29, 1.82) is 0 Å². The molecule has 3 N–H and O–H groups in total. The van der Waals surface area contributed by atoms with Gasteiger partial charge in [-0.25, -0.2) is 0 Å². The van der Waals surface area contributed by atoms with Crippen LogP contribution in [-0.2, 0) is 9.36 Å². The maximum atomic E-state index is 14.3. The summed E-state index contributed by atoms with van der Waals surface area (Å²) in [4.78, 5) is 47.1. The first kappa shape index (κ1) is 36.0. The molecule has 3 atom stereocenters. The SMILES string of the molecule is C=C1C[C@H]2CNc3cc(OCCP(=O)(CCOc4cc5c(cc4OC)C(=O)N4CC(=C)C[C@H]4C=N5)CNC(=O)CCO)c(OC)cc3C(=O)N2C1. The molecule has 0 saturated carbocycles. The predicted molar refractivity (Wildman–Crippen MR) is 193 cm³/mol. The zero-order valence-electron chi connectivity index (χ0n) is 28.9. The number of rotatable bonds is 14. The third-order valence-corrected chi connectivity index (χ3v) is 12.3. The van der Waals surface area contributed by atoms with E-state index in [0.29, 0.717) is 71.6 Å². The Bertz CT molecular complexity index is 1830. The maximum Gasteiger partial charge on any atom is 0.257 e. The lowest BCUT2D eigenvalue weighted by Gasteiger charge is -2.22. The molecule has 0 aromatic heterocycles. The smallest absolute Gasteiger partial charge is 0.257 e. The molecule has 2 fully saturated rings. The van der Waals surface area contributed by atoms with Crippen LogP contribution in [0.4, 0.5) is 11.4 Å². The van der Waals surface area contributed by atoms with Crippen molar-refractivity contribution in [2.24, 2.45) is 4.99 Å². The highest BCUT2D eigenvalue weighted by Gasteiger charge is 2.36. The predicted octanol–water partition coefficient (Wildman–Crippen LogP) is 3.66. The van der Waals surface area contributed by atoms with Crippen molar-refractivity contribution in [3.8, 4) is 23.0 Å². The van der Waals surface area contributed by atoms with E-state index in [2.05, 4.69) is 28.8 Å². The number of hydrogen-bond donors (Lipinski definition) is 3. The second kappa shape index (κ2) is 15.2. The molecule has 4 heterocycles. The number of hydrogen-bond acceptors (Lipinski definition) is 11. The number of aliphatic hydroxyl groups is 1. The number of fused-ring (bicyclic) bond motifs is 4. The number of nitrogens with one attached hydrogen (secondary N) is 2. The van der Waals surface area contributed by atoms with Gasteiger partial charge >= 0.3 is 0 Å². The van der Waals surface area contributed by atoms with E-state index in [1.807, 2.05) is 4.90 Å². The van der Waals surface area contributed by atoms with Gasteiger partial charge in [-0.15, -0.1) is 0 Å². The van der Waals surface area contributed by atoms with E-state index in [4.69, 9.17) is 18.9 Å². The van der Waals surface area contributed by atoms with Gasteiger partial charge in [0.1, 0.15) is 7.14 Å². The van der Waals surface area contributed by atoms with Gasteiger partial charge in [0.2, 0.25) is 5.91 Å². The normalized spacial score (nSPS) is 20.3. The van der Waals surface area contributed by atoms with Gasteiger partial charge in [0.05, 0.1) is 74.9 Å². The zero-order chi connectivity index (χ0) is 36.3. The molecule has 0 spiro atoms. The Balaban J connectivity index is 1.14. The summed E-state index contributed by atoms with van der Waals surface area (Å²) in [5.41, 5.74) is 3.91. The lowest BCUT2D eigenvalue weighted by molar-refractivity contribution is -0.121. The summed E-state index contributed by atoms with van der Waals surface area (Å²) in [6.07, 6.45) is 3.07. The van der Waals surface area contributed by atoms with Crippen molar-refractivity contribution >= 4 is 42.5 Å². The van der Waals surface area contributed by atoms with Gasteiger partial charge in [-0.05, 0) is 25.0 Å². The minimum atomic E-state index is -3.16. The fourth-order valence-corrected chi connectivity index (χ4v) is 8.63. The molecule has 15 heteroatoms. The van der Waals surface area contributed by atoms with Crippen molar-refractivity contribution in [3.63, 3.8) is 0 Å². The zero-order valence-corrected chi connectivity index (χ0v) is 29.8. The Morgan fingerprint density at radius 1 is 0.941 bits per heavy atom. The summed E-state index contributed by atoms with van der Waals surface area (Å²) in [5, 5.41) is 15.2. The summed E-state index contributed by atoms with van der Waals surface area (Å²) in [6, 6.07) is 6.47. The first-order valence-electron chi connectivity index (χ1n) is 16.9. The summed E-state index contributed by atoms with van der Waals surface area (Å²) < 4.78 is 37.6. The Hall–Kier alpha value is -4.81. The Kier molecular flexibility index (Phi) is 10.7. The molecule has 0 bridgehead atoms. The van der Waals surface area contributed by atoms with Crippen molar-refractivity contribution in [2.75, 3.05) is 77.6 Å². The summed E-state index contributed by atoms with van der Waals surface area (Å²) >= 11 is 0. The number of carbonyl (C=O) groups is 3. The van der Waals surface area contributed by atoms with Crippen LogP contribution in [0.2, 0.25) is 0 Å². The fourth-order valence-electron chi connectivity index (χ4n) is 6.78. The van der Waals surface area contributed by atoms with Crippen LogP contribution in [0.15, 0.2) is 53.6 Å². The summed E-state index contributed by atoms with van der Waals surface area (Å²) in [7, 11) is -0.204. The molecular formula is C36H44N5O9P. The van der Waals surface area contributed by atoms with E-state index in [1.54, 1.807) is 35.4 Å². The molecule has 2 aromatic rings. The van der Waals surface area contributed by atoms with E-state index >= 15 is 0 Å². The maximum absolute atomic E-state index is 14.3. The lowest BCUT2D eigenvalue weighted by atomic mass is 10.1. The van der Waals surface area contributed by atoms with Crippen LogP contribution in [0.5, 0.6) is 23.0 Å². The molecule has 14 nitrogen and oxygen atoms in total. The molecule has 3 amide bonds. The fraction of sp³-hybridized carbons (Fsp3) is 0.444. The molecule has 1 unspecified atom stereocenters. The van der Waals surface area contributed by atoms with Crippen molar-refractivity contribution in [2.45, 2.75) is 31.3 Å². The van der Waals surface area contributed by atoms with E-state index in [-0.39, 0.29) is 68.7 Å². The summed E-state index contributed by atoms with van der Waals surface area (Å²) in [6.45, 7) is 9.32. The first-order valence-corrected chi connectivity index (χ1v) is 19.2. The number of nitrogens with zero attached hydrogens (tertiary/aromatic N) is 3. The van der Waals surface area contributed by atoms with E-state index < -0.39 is 13.0 Å². The minimum Gasteiger partial charge on any atom is -0.493 e. The highest BCUT2D eigenvalue weighted by Crippen LogP contribution is 2.45. The number of carbonyl (C=O) groups excluding carboxylic acids is 3. The van der Waals surface area contributed by atoms with E-state index in [9.17, 15) is 24.1 Å². The quantitative estimate of drug-likeness (QED) is 0.194. The molecule has 2 aromatic carbocycles. The first-order chi connectivity index (χ1) is 24.5. The Morgan fingerprint density at radius 2 is 1.57 bits per heavy atom. The van der Waals surface area contributed by atoms with Crippen LogP contribution in [-0.4, -0.2) is 123 Å². The minimum absolute atomic E-state index is 0.00676. The van der Waals surface area contributed by atoms with Gasteiger partial charge in [-0.1, -0.05) is 24.3 Å².